The van der Waals surface area contributed by atoms with Crippen molar-refractivity contribution in [2.24, 2.45) is 0 Å². The lowest BCUT2D eigenvalue weighted by molar-refractivity contribution is -0.114. The monoisotopic (exact) mass is 275 g/mol. The molecule has 0 unspecified atom stereocenters. The lowest BCUT2D eigenvalue weighted by Gasteiger charge is -2.07. The predicted octanol–water partition coefficient (Wildman–Crippen LogP) is 3.31. The van der Waals surface area contributed by atoms with Crippen molar-refractivity contribution in [3.05, 3.63) is 53.3 Å². The van der Waals surface area contributed by atoms with Crippen LogP contribution in [0, 0.1) is 0 Å². The number of anilines is 2. The van der Waals surface area contributed by atoms with E-state index in [2.05, 4.69) is 15.6 Å². The second-order valence-electron chi connectivity index (χ2n) is 4.10. The van der Waals surface area contributed by atoms with E-state index in [-0.39, 0.29) is 5.91 Å². The highest BCUT2D eigenvalue weighted by Crippen LogP contribution is 2.14. The van der Waals surface area contributed by atoms with E-state index in [4.69, 9.17) is 11.6 Å². The molecule has 2 aromatic rings. The van der Waals surface area contributed by atoms with Crippen molar-refractivity contribution in [2.75, 3.05) is 10.6 Å². The molecule has 2 N–H and O–H groups in total. The zero-order valence-electron chi connectivity index (χ0n) is 10.5. The van der Waals surface area contributed by atoms with E-state index in [1.54, 1.807) is 12.3 Å². The number of carbonyl (C=O) groups excluding carboxylic acids is 1. The molecule has 5 heteroatoms. The van der Waals surface area contributed by atoms with Gasteiger partial charge in [0.25, 0.3) is 0 Å². The molecule has 4 nitrogen and oxygen atoms in total. The number of nitrogens with zero attached hydrogens (tertiary/aromatic N) is 1. The number of hydrogen-bond acceptors (Lipinski definition) is 3. The topological polar surface area (TPSA) is 54.0 Å². The standard InChI is InChI=1S/C14H14ClN3O/c1-10(19)18-12-4-2-11(3-5-12)9-17-13-6-7-16-14(15)8-13/h2-8H,9H2,1H3,(H,16,17)(H,18,19). The molecule has 0 saturated heterocycles. The fourth-order valence-electron chi connectivity index (χ4n) is 1.63. The van der Waals surface area contributed by atoms with Crippen LogP contribution in [0.3, 0.4) is 0 Å². The Morgan fingerprint density at radius 3 is 2.58 bits per heavy atom. The van der Waals surface area contributed by atoms with Crippen LogP contribution in [0.15, 0.2) is 42.6 Å². The fourth-order valence-corrected chi connectivity index (χ4v) is 1.80. The van der Waals surface area contributed by atoms with E-state index in [0.29, 0.717) is 11.7 Å². The van der Waals surface area contributed by atoms with E-state index >= 15 is 0 Å². The molecule has 0 aliphatic rings. The summed E-state index contributed by atoms with van der Waals surface area (Å²) in [5, 5.41) is 6.44. The highest BCUT2D eigenvalue weighted by atomic mass is 35.5. The molecule has 98 valence electrons. The van der Waals surface area contributed by atoms with Gasteiger partial charge in [-0.15, -0.1) is 0 Å². The third-order valence-corrected chi connectivity index (χ3v) is 2.70. The summed E-state index contributed by atoms with van der Waals surface area (Å²) in [7, 11) is 0. The van der Waals surface area contributed by atoms with Crippen LogP contribution in [-0.2, 0) is 11.3 Å². The van der Waals surface area contributed by atoms with Crippen LogP contribution in [0.2, 0.25) is 5.15 Å². The quantitative estimate of drug-likeness (QED) is 0.842. The average Bonchev–Trinajstić information content (AvgIpc) is 2.37. The Labute approximate surface area is 116 Å². The van der Waals surface area contributed by atoms with E-state index in [1.807, 2.05) is 30.3 Å². The largest absolute Gasteiger partial charge is 0.381 e. The first-order chi connectivity index (χ1) is 9.13. The van der Waals surface area contributed by atoms with Crippen LogP contribution in [0.5, 0.6) is 0 Å². The Bertz CT molecular complexity index is 569. The van der Waals surface area contributed by atoms with Crippen LogP contribution in [0.4, 0.5) is 11.4 Å². The van der Waals surface area contributed by atoms with Crippen LogP contribution >= 0.6 is 11.6 Å². The Hall–Kier alpha value is -2.07. The Balaban J connectivity index is 1.94. The number of carbonyl (C=O) groups is 1. The second kappa shape index (κ2) is 6.20. The highest BCUT2D eigenvalue weighted by Gasteiger charge is 1.98. The molecular weight excluding hydrogens is 262 g/mol. The average molecular weight is 276 g/mol. The van der Waals surface area contributed by atoms with Crippen molar-refractivity contribution in [1.82, 2.24) is 4.98 Å². The molecule has 19 heavy (non-hydrogen) atoms. The first-order valence-corrected chi connectivity index (χ1v) is 6.23. The molecule has 0 radical (unpaired) electrons. The summed E-state index contributed by atoms with van der Waals surface area (Å²) >= 11 is 5.80. The van der Waals surface area contributed by atoms with Crippen molar-refractivity contribution in [2.45, 2.75) is 13.5 Å². The van der Waals surface area contributed by atoms with Gasteiger partial charge in [-0.25, -0.2) is 4.98 Å². The summed E-state index contributed by atoms with van der Waals surface area (Å²) in [6.07, 6.45) is 1.66. The minimum Gasteiger partial charge on any atom is -0.381 e. The second-order valence-corrected chi connectivity index (χ2v) is 4.49. The molecular formula is C14H14ClN3O. The number of amides is 1. The number of halogens is 1. The SMILES string of the molecule is CC(=O)Nc1ccc(CNc2ccnc(Cl)c2)cc1. The molecule has 0 spiro atoms. The zero-order chi connectivity index (χ0) is 13.7. The normalized spacial score (nSPS) is 10.0. The Morgan fingerprint density at radius 2 is 1.95 bits per heavy atom. The Morgan fingerprint density at radius 1 is 1.21 bits per heavy atom. The van der Waals surface area contributed by atoms with Gasteiger partial charge in [0, 0.05) is 31.0 Å². The lowest BCUT2D eigenvalue weighted by Crippen LogP contribution is -2.06. The molecule has 1 aromatic carbocycles. The van der Waals surface area contributed by atoms with Gasteiger partial charge in [-0.3, -0.25) is 4.79 Å². The van der Waals surface area contributed by atoms with E-state index in [9.17, 15) is 4.79 Å². The third-order valence-electron chi connectivity index (χ3n) is 2.50. The Kier molecular flexibility index (Phi) is 4.36. The maximum atomic E-state index is 10.9. The summed E-state index contributed by atoms with van der Waals surface area (Å²) in [6.45, 7) is 2.17. The fraction of sp³-hybridized carbons (Fsp3) is 0.143. The third kappa shape index (κ3) is 4.26. The van der Waals surface area contributed by atoms with Crippen molar-refractivity contribution >= 4 is 28.9 Å². The van der Waals surface area contributed by atoms with Crippen molar-refractivity contribution in [1.29, 1.82) is 0 Å². The summed E-state index contributed by atoms with van der Waals surface area (Å²) in [6, 6.07) is 11.3. The van der Waals surface area contributed by atoms with Gasteiger partial charge in [0.05, 0.1) is 0 Å². The molecule has 0 saturated carbocycles. The van der Waals surface area contributed by atoms with Gasteiger partial charge >= 0.3 is 0 Å². The van der Waals surface area contributed by atoms with Gasteiger partial charge in [-0.1, -0.05) is 23.7 Å². The lowest BCUT2D eigenvalue weighted by atomic mass is 10.2. The number of nitrogens with one attached hydrogen (secondary N) is 2. The molecule has 0 fully saturated rings. The summed E-state index contributed by atoms with van der Waals surface area (Å²) in [5.74, 6) is -0.0719. The van der Waals surface area contributed by atoms with Gasteiger partial charge in [0.1, 0.15) is 5.15 Å². The number of aromatic nitrogens is 1. The van der Waals surface area contributed by atoms with Gasteiger partial charge in [-0.05, 0) is 29.8 Å². The maximum Gasteiger partial charge on any atom is 0.221 e. The molecule has 1 heterocycles. The number of rotatable bonds is 4. The molecule has 0 aliphatic heterocycles. The van der Waals surface area contributed by atoms with Crippen molar-refractivity contribution < 1.29 is 4.79 Å². The molecule has 0 atom stereocenters. The number of pyridine rings is 1. The summed E-state index contributed by atoms with van der Waals surface area (Å²) in [5.41, 5.74) is 2.83. The van der Waals surface area contributed by atoms with Gasteiger partial charge in [0.2, 0.25) is 5.91 Å². The van der Waals surface area contributed by atoms with Crippen molar-refractivity contribution in [3.63, 3.8) is 0 Å². The predicted molar refractivity (Wildman–Crippen MR) is 77.3 cm³/mol. The molecule has 0 bridgehead atoms. The van der Waals surface area contributed by atoms with Gasteiger partial charge in [-0.2, -0.15) is 0 Å². The van der Waals surface area contributed by atoms with Crippen molar-refractivity contribution in [3.8, 4) is 0 Å². The molecule has 1 amide bonds. The smallest absolute Gasteiger partial charge is 0.221 e. The zero-order valence-corrected chi connectivity index (χ0v) is 11.2. The van der Waals surface area contributed by atoms with E-state index in [0.717, 1.165) is 16.9 Å². The highest BCUT2D eigenvalue weighted by molar-refractivity contribution is 6.29. The first kappa shape index (κ1) is 13.4. The van der Waals surface area contributed by atoms with Crippen LogP contribution in [0.1, 0.15) is 12.5 Å². The van der Waals surface area contributed by atoms with Gasteiger partial charge in [0.15, 0.2) is 0 Å². The van der Waals surface area contributed by atoms with Crippen LogP contribution < -0.4 is 10.6 Å². The molecule has 2 rings (SSSR count). The van der Waals surface area contributed by atoms with Gasteiger partial charge < -0.3 is 10.6 Å². The minimum absolute atomic E-state index is 0.0719. The van der Waals surface area contributed by atoms with Crippen LogP contribution in [0.25, 0.3) is 0 Å². The summed E-state index contributed by atoms with van der Waals surface area (Å²) in [4.78, 5) is 14.8. The number of hydrogen-bond donors (Lipinski definition) is 2. The van der Waals surface area contributed by atoms with Crippen LogP contribution in [-0.4, -0.2) is 10.9 Å². The number of benzene rings is 1. The minimum atomic E-state index is -0.0719. The molecule has 0 aliphatic carbocycles. The maximum absolute atomic E-state index is 10.9. The molecule has 1 aromatic heterocycles. The van der Waals surface area contributed by atoms with E-state index < -0.39 is 0 Å². The summed E-state index contributed by atoms with van der Waals surface area (Å²) < 4.78 is 0. The van der Waals surface area contributed by atoms with E-state index in [1.165, 1.54) is 6.92 Å². The first-order valence-electron chi connectivity index (χ1n) is 5.85.